The van der Waals surface area contributed by atoms with Crippen molar-refractivity contribution in [1.29, 1.82) is 0 Å². The minimum Gasteiger partial charge on any atom is -0.481 e. The summed E-state index contributed by atoms with van der Waals surface area (Å²) in [5, 5.41) is 1.03. The van der Waals surface area contributed by atoms with Gasteiger partial charge in [0.25, 0.3) is 0 Å². The third-order valence-electron chi connectivity index (χ3n) is 4.91. The van der Waals surface area contributed by atoms with Crippen LogP contribution in [0.2, 0.25) is 10.0 Å². The van der Waals surface area contributed by atoms with Crippen molar-refractivity contribution in [1.82, 2.24) is 0 Å². The lowest BCUT2D eigenvalue weighted by Gasteiger charge is -2.30. The smallest absolute Gasteiger partial charge is 0.368 e. The fourth-order valence-electron chi connectivity index (χ4n) is 3.54. The Labute approximate surface area is 176 Å². The van der Waals surface area contributed by atoms with Gasteiger partial charge in [0.2, 0.25) is 0 Å². The SMILES string of the molecule is CCC1=C(C)CC=C(OC[P@]2(=O)OCCC(c3cc(Cl)cc(Cl)c3)O2)C=C1C. The third kappa shape index (κ3) is 5.31. The van der Waals surface area contributed by atoms with Crippen LogP contribution in [0, 0.1) is 0 Å². The maximum absolute atomic E-state index is 13.1. The van der Waals surface area contributed by atoms with Crippen LogP contribution in [0.1, 0.15) is 51.7 Å². The first-order valence-corrected chi connectivity index (χ1v) is 11.9. The third-order valence-corrected chi connectivity index (χ3v) is 6.95. The van der Waals surface area contributed by atoms with Crippen LogP contribution in [0.5, 0.6) is 0 Å². The highest BCUT2D eigenvalue weighted by Gasteiger charge is 2.35. The predicted octanol–water partition coefficient (Wildman–Crippen LogP) is 7.60. The molecular formula is C21H25Cl2O4P. The summed E-state index contributed by atoms with van der Waals surface area (Å²) in [7, 11) is -3.40. The summed E-state index contributed by atoms with van der Waals surface area (Å²) in [6.07, 6.45) is 5.83. The quantitative estimate of drug-likeness (QED) is 0.440. The fraction of sp³-hybridized carbons (Fsp3) is 0.429. The first kappa shape index (κ1) is 21.7. The highest BCUT2D eigenvalue weighted by Crippen LogP contribution is 2.56. The first-order valence-electron chi connectivity index (χ1n) is 9.38. The van der Waals surface area contributed by atoms with E-state index in [4.69, 9.17) is 37.0 Å². The standard InChI is InChI=1S/C21H25Cl2O4P/c1-4-20-14(2)5-6-19(9-15(20)3)25-13-28(24)26-8-7-21(27-28)16-10-17(22)12-18(23)11-16/h6,9-12,21H,4-5,7-8,13H2,1-3H3/t21?,28-/m0/s1. The molecule has 1 fully saturated rings. The number of rotatable bonds is 5. The van der Waals surface area contributed by atoms with E-state index in [0.29, 0.717) is 28.8 Å². The zero-order chi connectivity index (χ0) is 20.3. The van der Waals surface area contributed by atoms with Gasteiger partial charge in [0.15, 0.2) is 6.35 Å². The molecule has 1 heterocycles. The molecule has 1 aromatic carbocycles. The van der Waals surface area contributed by atoms with Gasteiger partial charge in [-0.2, -0.15) is 0 Å². The molecule has 4 nitrogen and oxygen atoms in total. The molecule has 0 aromatic heterocycles. The number of allylic oxidation sites excluding steroid dienone is 5. The highest BCUT2D eigenvalue weighted by atomic mass is 35.5. The van der Waals surface area contributed by atoms with Crippen LogP contribution < -0.4 is 0 Å². The van der Waals surface area contributed by atoms with E-state index in [1.165, 1.54) is 16.7 Å². The topological polar surface area (TPSA) is 44.8 Å². The predicted molar refractivity (Wildman–Crippen MR) is 114 cm³/mol. The summed E-state index contributed by atoms with van der Waals surface area (Å²) in [5.41, 5.74) is 4.62. The fourth-order valence-corrected chi connectivity index (χ4v) is 5.58. The van der Waals surface area contributed by atoms with Crippen molar-refractivity contribution in [2.75, 3.05) is 13.0 Å². The Bertz CT molecular complexity index is 868. The molecule has 2 aliphatic rings. The monoisotopic (exact) mass is 442 g/mol. The van der Waals surface area contributed by atoms with Gasteiger partial charge in [0.1, 0.15) is 5.76 Å². The van der Waals surface area contributed by atoms with Crippen LogP contribution in [0.15, 0.2) is 52.8 Å². The van der Waals surface area contributed by atoms with Crippen LogP contribution in [0.3, 0.4) is 0 Å². The summed E-state index contributed by atoms with van der Waals surface area (Å²) >= 11 is 12.2. The molecule has 7 heteroatoms. The minimum atomic E-state index is -3.40. The van der Waals surface area contributed by atoms with Gasteiger partial charge < -0.3 is 9.26 Å². The summed E-state index contributed by atoms with van der Waals surface area (Å²) in [4.78, 5) is 0. The van der Waals surface area contributed by atoms with E-state index >= 15 is 0 Å². The molecule has 0 spiro atoms. The molecular weight excluding hydrogens is 418 g/mol. The molecule has 0 amide bonds. The normalized spacial score (nSPS) is 25.8. The van der Waals surface area contributed by atoms with Gasteiger partial charge in [-0.3, -0.25) is 9.09 Å². The molecule has 28 heavy (non-hydrogen) atoms. The molecule has 152 valence electrons. The average Bonchev–Trinajstić information content (AvgIpc) is 2.77. The van der Waals surface area contributed by atoms with Gasteiger partial charge in [-0.15, -0.1) is 0 Å². The first-order chi connectivity index (χ1) is 13.3. The molecule has 2 atom stereocenters. The van der Waals surface area contributed by atoms with Crippen LogP contribution in [-0.4, -0.2) is 13.0 Å². The number of halogens is 2. The molecule has 1 aliphatic carbocycles. The maximum Gasteiger partial charge on any atom is 0.368 e. The molecule has 1 aromatic rings. The second-order valence-electron chi connectivity index (χ2n) is 7.05. The van der Waals surface area contributed by atoms with E-state index in [2.05, 4.69) is 20.8 Å². The molecule has 1 aliphatic heterocycles. The van der Waals surface area contributed by atoms with E-state index in [1.54, 1.807) is 18.2 Å². The van der Waals surface area contributed by atoms with Crippen molar-refractivity contribution in [3.8, 4) is 0 Å². The lowest BCUT2D eigenvalue weighted by atomic mass is 9.99. The van der Waals surface area contributed by atoms with Crippen molar-refractivity contribution in [3.63, 3.8) is 0 Å². The number of hydrogen-bond donors (Lipinski definition) is 0. The van der Waals surface area contributed by atoms with Gasteiger partial charge in [-0.05, 0) is 73.7 Å². The second kappa shape index (κ2) is 9.19. The zero-order valence-electron chi connectivity index (χ0n) is 16.3. The van der Waals surface area contributed by atoms with E-state index in [-0.39, 0.29) is 6.35 Å². The Kier molecular flexibility index (Phi) is 7.12. The van der Waals surface area contributed by atoms with Crippen LogP contribution in [0.4, 0.5) is 0 Å². The Hall–Kier alpha value is -1.03. The van der Waals surface area contributed by atoms with Gasteiger partial charge in [0, 0.05) is 16.5 Å². The lowest BCUT2D eigenvalue weighted by molar-refractivity contribution is 0.0673. The molecule has 3 rings (SSSR count). The Balaban J connectivity index is 1.69. The van der Waals surface area contributed by atoms with Gasteiger partial charge in [-0.25, -0.2) is 0 Å². The molecule has 0 N–H and O–H groups in total. The lowest BCUT2D eigenvalue weighted by Crippen LogP contribution is -2.16. The van der Waals surface area contributed by atoms with Crippen molar-refractivity contribution in [2.24, 2.45) is 0 Å². The van der Waals surface area contributed by atoms with E-state index in [1.807, 2.05) is 12.2 Å². The van der Waals surface area contributed by atoms with Gasteiger partial charge in [0.05, 0.1) is 12.7 Å². The van der Waals surface area contributed by atoms with Crippen LogP contribution >= 0.6 is 30.8 Å². The molecule has 0 radical (unpaired) electrons. The molecule has 0 saturated carbocycles. The Morgan fingerprint density at radius 1 is 1.21 bits per heavy atom. The largest absolute Gasteiger partial charge is 0.481 e. The van der Waals surface area contributed by atoms with Gasteiger partial charge >= 0.3 is 7.60 Å². The molecule has 1 unspecified atom stereocenters. The summed E-state index contributed by atoms with van der Waals surface area (Å²) in [5.74, 6) is 0.690. The summed E-state index contributed by atoms with van der Waals surface area (Å²) < 4.78 is 30.2. The molecule has 0 bridgehead atoms. The minimum absolute atomic E-state index is 0.131. The Morgan fingerprint density at radius 2 is 1.93 bits per heavy atom. The van der Waals surface area contributed by atoms with Crippen molar-refractivity contribution >= 4 is 30.8 Å². The number of ether oxygens (including phenoxy) is 1. The summed E-state index contributed by atoms with van der Waals surface area (Å²) in [6, 6.07) is 5.20. The maximum atomic E-state index is 13.1. The van der Waals surface area contributed by atoms with Crippen molar-refractivity contribution < 1.29 is 18.3 Å². The number of hydrogen-bond acceptors (Lipinski definition) is 4. The van der Waals surface area contributed by atoms with Gasteiger partial charge in [-0.1, -0.05) is 35.7 Å². The zero-order valence-corrected chi connectivity index (χ0v) is 18.7. The summed E-state index contributed by atoms with van der Waals surface area (Å²) in [6.45, 7) is 6.67. The van der Waals surface area contributed by atoms with Crippen LogP contribution in [-0.2, 0) is 18.3 Å². The van der Waals surface area contributed by atoms with E-state index < -0.39 is 13.7 Å². The number of benzene rings is 1. The van der Waals surface area contributed by atoms with E-state index in [9.17, 15) is 4.57 Å². The van der Waals surface area contributed by atoms with Crippen molar-refractivity contribution in [3.05, 3.63) is 68.4 Å². The second-order valence-corrected chi connectivity index (χ2v) is 9.88. The Morgan fingerprint density at radius 3 is 2.61 bits per heavy atom. The average molecular weight is 443 g/mol. The highest BCUT2D eigenvalue weighted by molar-refractivity contribution is 7.53. The molecule has 1 saturated heterocycles. The van der Waals surface area contributed by atoms with Crippen LogP contribution in [0.25, 0.3) is 0 Å². The van der Waals surface area contributed by atoms with E-state index in [0.717, 1.165) is 18.4 Å². The van der Waals surface area contributed by atoms with Crippen molar-refractivity contribution in [2.45, 2.75) is 46.1 Å².